The second kappa shape index (κ2) is 6.71. The number of likely N-dealkylation sites (tertiary alicyclic amines) is 1. The first-order valence-corrected chi connectivity index (χ1v) is 7.22. The quantitative estimate of drug-likeness (QED) is 0.901. The van der Waals surface area contributed by atoms with Crippen molar-refractivity contribution in [1.82, 2.24) is 10.2 Å². The number of hydrogen-bond acceptors (Lipinski definition) is 2. The Labute approximate surface area is 116 Å². The Morgan fingerprint density at radius 3 is 2.79 bits per heavy atom. The van der Waals surface area contributed by atoms with Crippen LogP contribution in [0.3, 0.4) is 0 Å². The lowest BCUT2D eigenvalue weighted by Gasteiger charge is -2.33. The molecule has 0 aliphatic carbocycles. The average Bonchev–Trinajstić information content (AvgIpc) is 2.40. The summed E-state index contributed by atoms with van der Waals surface area (Å²) in [6.45, 7) is 6.96. The van der Waals surface area contributed by atoms with Gasteiger partial charge in [0.2, 0.25) is 5.91 Å². The molecule has 104 valence electrons. The third-order valence-corrected chi connectivity index (χ3v) is 3.63. The van der Waals surface area contributed by atoms with E-state index in [4.69, 9.17) is 0 Å². The summed E-state index contributed by atoms with van der Waals surface area (Å²) in [5.74, 6) is 0.246. The molecule has 0 aromatic heterocycles. The predicted molar refractivity (Wildman–Crippen MR) is 77.7 cm³/mol. The van der Waals surface area contributed by atoms with Gasteiger partial charge in [0.1, 0.15) is 0 Å². The monoisotopic (exact) mass is 260 g/mol. The van der Waals surface area contributed by atoms with Crippen LogP contribution in [0.5, 0.6) is 0 Å². The van der Waals surface area contributed by atoms with E-state index in [1.165, 1.54) is 5.56 Å². The highest BCUT2D eigenvalue weighted by Crippen LogP contribution is 2.14. The molecule has 0 unspecified atom stereocenters. The van der Waals surface area contributed by atoms with Crippen LogP contribution in [0.2, 0.25) is 0 Å². The summed E-state index contributed by atoms with van der Waals surface area (Å²) in [7, 11) is 0. The van der Waals surface area contributed by atoms with Crippen LogP contribution in [0, 0.1) is 5.92 Å². The van der Waals surface area contributed by atoms with Crippen LogP contribution in [0.4, 0.5) is 0 Å². The van der Waals surface area contributed by atoms with Crippen molar-refractivity contribution in [2.45, 2.75) is 39.3 Å². The van der Waals surface area contributed by atoms with Gasteiger partial charge in [-0.1, -0.05) is 44.2 Å². The molecule has 19 heavy (non-hydrogen) atoms. The smallest absolute Gasteiger partial charge is 0.222 e. The van der Waals surface area contributed by atoms with Gasteiger partial charge in [-0.25, -0.2) is 0 Å². The van der Waals surface area contributed by atoms with E-state index in [-0.39, 0.29) is 11.8 Å². The normalized spacial score (nSPS) is 20.5. The topological polar surface area (TPSA) is 32.3 Å². The summed E-state index contributed by atoms with van der Waals surface area (Å²) in [6, 6.07) is 10.8. The number of carbonyl (C=O) groups is 1. The van der Waals surface area contributed by atoms with E-state index in [0.29, 0.717) is 6.04 Å². The van der Waals surface area contributed by atoms with Crippen molar-refractivity contribution in [3.8, 4) is 0 Å². The van der Waals surface area contributed by atoms with Crippen molar-refractivity contribution in [3.05, 3.63) is 35.9 Å². The molecule has 1 saturated heterocycles. The van der Waals surface area contributed by atoms with E-state index in [9.17, 15) is 4.79 Å². The van der Waals surface area contributed by atoms with Crippen LogP contribution in [0.25, 0.3) is 0 Å². The lowest BCUT2D eigenvalue weighted by Crippen LogP contribution is -2.48. The molecular weight excluding hydrogens is 236 g/mol. The van der Waals surface area contributed by atoms with Gasteiger partial charge < -0.3 is 5.32 Å². The molecule has 3 heteroatoms. The van der Waals surface area contributed by atoms with Crippen LogP contribution in [-0.2, 0) is 11.3 Å². The number of nitrogens with one attached hydrogen (secondary N) is 1. The average molecular weight is 260 g/mol. The van der Waals surface area contributed by atoms with Gasteiger partial charge in [-0.3, -0.25) is 9.69 Å². The van der Waals surface area contributed by atoms with E-state index in [1.807, 2.05) is 19.9 Å². The molecular formula is C16H24N2O. The molecule has 1 aliphatic heterocycles. The first-order valence-electron chi connectivity index (χ1n) is 7.22. The molecule has 1 amide bonds. The molecule has 1 fully saturated rings. The van der Waals surface area contributed by atoms with E-state index in [2.05, 4.69) is 34.5 Å². The van der Waals surface area contributed by atoms with Crippen LogP contribution in [0.15, 0.2) is 30.3 Å². The van der Waals surface area contributed by atoms with Gasteiger partial charge in [0.15, 0.2) is 0 Å². The minimum atomic E-state index is 0.0736. The number of carbonyl (C=O) groups excluding carboxylic acids is 1. The number of nitrogens with zero attached hydrogens (tertiary/aromatic N) is 1. The Morgan fingerprint density at radius 2 is 2.11 bits per heavy atom. The fraction of sp³-hybridized carbons (Fsp3) is 0.562. The summed E-state index contributed by atoms with van der Waals surface area (Å²) in [5.41, 5.74) is 1.35. The minimum absolute atomic E-state index is 0.0736. The van der Waals surface area contributed by atoms with Crippen molar-refractivity contribution < 1.29 is 4.79 Å². The molecule has 1 aromatic rings. The Kier molecular flexibility index (Phi) is 4.97. The fourth-order valence-corrected chi connectivity index (χ4v) is 2.53. The molecule has 0 saturated carbocycles. The standard InChI is InChI=1S/C16H24N2O/c1-13(2)16(19)17-15-9-6-10-18(12-15)11-14-7-4-3-5-8-14/h3-5,7-8,13,15H,6,9-12H2,1-2H3,(H,17,19)/t15-/m1/s1. The molecule has 0 bridgehead atoms. The number of hydrogen-bond donors (Lipinski definition) is 1. The van der Waals surface area contributed by atoms with Gasteiger partial charge in [-0.2, -0.15) is 0 Å². The second-order valence-electron chi connectivity index (χ2n) is 5.72. The first-order chi connectivity index (χ1) is 9.15. The number of benzene rings is 1. The van der Waals surface area contributed by atoms with Crippen LogP contribution < -0.4 is 5.32 Å². The Morgan fingerprint density at radius 1 is 1.37 bits per heavy atom. The number of rotatable bonds is 4. The highest BCUT2D eigenvalue weighted by molar-refractivity contribution is 5.78. The van der Waals surface area contributed by atoms with Crippen LogP contribution in [-0.4, -0.2) is 29.9 Å². The van der Waals surface area contributed by atoms with E-state index >= 15 is 0 Å². The summed E-state index contributed by atoms with van der Waals surface area (Å²) in [5, 5.41) is 3.15. The Bertz CT molecular complexity index is 402. The molecule has 0 radical (unpaired) electrons. The van der Waals surface area contributed by atoms with E-state index in [1.54, 1.807) is 0 Å². The molecule has 0 spiro atoms. The van der Waals surface area contributed by atoms with Gasteiger partial charge in [0.25, 0.3) is 0 Å². The molecule has 1 aliphatic rings. The van der Waals surface area contributed by atoms with E-state index < -0.39 is 0 Å². The maximum absolute atomic E-state index is 11.7. The fourth-order valence-electron chi connectivity index (χ4n) is 2.53. The third kappa shape index (κ3) is 4.35. The van der Waals surface area contributed by atoms with Crippen molar-refractivity contribution in [2.24, 2.45) is 5.92 Å². The highest BCUT2D eigenvalue weighted by atomic mass is 16.1. The van der Waals surface area contributed by atoms with Crippen LogP contribution >= 0.6 is 0 Å². The maximum atomic E-state index is 11.7. The molecule has 1 N–H and O–H groups in total. The minimum Gasteiger partial charge on any atom is -0.352 e. The predicted octanol–water partition coefficient (Wildman–Crippen LogP) is 2.42. The second-order valence-corrected chi connectivity index (χ2v) is 5.72. The largest absolute Gasteiger partial charge is 0.352 e. The van der Waals surface area contributed by atoms with Gasteiger partial charge in [0.05, 0.1) is 0 Å². The van der Waals surface area contributed by atoms with Crippen molar-refractivity contribution in [3.63, 3.8) is 0 Å². The van der Waals surface area contributed by atoms with Gasteiger partial charge >= 0.3 is 0 Å². The van der Waals surface area contributed by atoms with E-state index in [0.717, 1.165) is 32.5 Å². The summed E-state index contributed by atoms with van der Waals surface area (Å²) < 4.78 is 0. The molecule has 1 aromatic carbocycles. The van der Waals surface area contributed by atoms with Crippen molar-refractivity contribution >= 4 is 5.91 Å². The summed E-state index contributed by atoms with van der Waals surface area (Å²) >= 11 is 0. The number of amides is 1. The zero-order valence-corrected chi connectivity index (χ0v) is 11.9. The maximum Gasteiger partial charge on any atom is 0.222 e. The molecule has 2 rings (SSSR count). The molecule has 3 nitrogen and oxygen atoms in total. The number of piperidine rings is 1. The highest BCUT2D eigenvalue weighted by Gasteiger charge is 2.22. The molecule has 1 atom stereocenters. The lowest BCUT2D eigenvalue weighted by atomic mass is 10.0. The van der Waals surface area contributed by atoms with Gasteiger partial charge in [0, 0.05) is 25.0 Å². The van der Waals surface area contributed by atoms with Crippen molar-refractivity contribution in [2.75, 3.05) is 13.1 Å². The zero-order chi connectivity index (χ0) is 13.7. The van der Waals surface area contributed by atoms with Crippen molar-refractivity contribution in [1.29, 1.82) is 0 Å². The SMILES string of the molecule is CC(C)C(=O)N[C@@H]1CCCN(Cc2ccccc2)C1. The summed E-state index contributed by atoms with van der Waals surface area (Å²) in [4.78, 5) is 14.2. The Hall–Kier alpha value is -1.35. The third-order valence-electron chi connectivity index (χ3n) is 3.63. The van der Waals surface area contributed by atoms with Gasteiger partial charge in [-0.05, 0) is 24.9 Å². The first kappa shape index (κ1) is 14.1. The van der Waals surface area contributed by atoms with Crippen LogP contribution in [0.1, 0.15) is 32.3 Å². The molecule has 1 heterocycles. The lowest BCUT2D eigenvalue weighted by molar-refractivity contribution is -0.125. The zero-order valence-electron chi connectivity index (χ0n) is 11.9. The Balaban J connectivity index is 1.85. The summed E-state index contributed by atoms with van der Waals surface area (Å²) in [6.07, 6.45) is 2.26. The van der Waals surface area contributed by atoms with Gasteiger partial charge in [-0.15, -0.1) is 0 Å².